The minimum absolute atomic E-state index is 0.000751. The zero-order chi connectivity index (χ0) is 23.3. The lowest BCUT2D eigenvalue weighted by molar-refractivity contribution is -0.138. The molecule has 2 heterocycles. The molecule has 0 aliphatic carbocycles. The van der Waals surface area contributed by atoms with Crippen LogP contribution in [0.3, 0.4) is 0 Å². The highest BCUT2D eigenvalue weighted by Gasteiger charge is 2.33. The van der Waals surface area contributed by atoms with Crippen molar-refractivity contribution < 1.29 is 31.4 Å². The second kappa shape index (κ2) is 9.97. The predicted molar refractivity (Wildman–Crippen MR) is 95.6 cm³/mol. The second-order valence-corrected chi connectivity index (χ2v) is 7.42. The number of hydrogen-bond donors (Lipinski definition) is 2. The van der Waals surface area contributed by atoms with E-state index in [0.717, 1.165) is 19.3 Å². The maximum atomic E-state index is 11.8. The highest BCUT2D eigenvalue weighted by Crippen LogP contribution is 2.22. The molecule has 7 nitrogen and oxygen atoms in total. The summed E-state index contributed by atoms with van der Waals surface area (Å²) in [5.41, 5.74) is -0.534. The van der Waals surface area contributed by atoms with Crippen LogP contribution in [0.1, 0.15) is 66.1 Å². The molecule has 2 fully saturated rings. The van der Waals surface area contributed by atoms with E-state index in [1.807, 2.05) is 0 Å². The number of nitrogens with zero attached hydrogens (tertiary/aromatic N) is 2. The van der Waals surface area contributed by atoms with Crippen molar-refractivity contribution in [2.24, 2.45) is 0 Å². The van der Waals surface area contributed by atoms with E-state index in [2.05, 4.69) is 0 Å². The normalized spacial score (nSPS) is 28.0. The van der Waals surface area contributed by atoms with Crippen LogP contribution < -0.4 is 0 Å². The van der Waals surface area contributed by atoms with E-state index in [-0.39, 0.29) is 24.9 Å². The number of carboxylic acids is 1. The molecule has 0 radical (unpaired) electrons. The Morgan fingerprint density at radius 1 is 1.24 bits per heavy atom. The molecule has 2 atom stereocenters. The van der Waals surface area contributed by atoms with Gasteiger partial charge in [-0.2, -0.15) is 0 Å². The smallest absolute Gasteiger partial charge is 0.410 e. The topological polar surface area (TPSA) is 90.3 Å². The first-order chi connectivity index (χ1) is 13.5. The van der Waals surface area contributed by atoms with Gasteiger partial charge < -0.3 is 24.7 Å². The Balaban J connectivity index is 0.000000303. The quantitative estimate of drug-likeness (QED) is 0.797. The first-order valence-corrected chi connectivity index (χ1v) is 8.70. The molecule has 146 valence electrons. The molecule has 0 spiro atoms. The van der Waals surface area contributed by atoms with Gasteiger partial charge in [0.1, 0.15) is 5.60 Å². The van der Waals surface area contributed by atoms with Crippen molar-refractivity contribution in [3.05, 3.63) is 0 Å². The Morgan fingerprint density at radius 2 is 1.88 bits per heavy atom. The molecule has 0 bridgehead atoms. The van der Waals surface area contributed by atoms with Gasteiger partial charge in [0.15, 0.2) is 0 Å². The van der Waals surface area contributed by atoms with Crippen LogP contribution >= 0.6 is 0 Å². The Bertz CT molecular complexity index is 589. The summed E-state index contributed by atoms with van der Waals surface area (Å²) in [6.45, 7) is 1.99. The summed E-state index contributed by atoms with van der Waals surface area (Å²) in [4.78, 5) is 25.2. The molecular formula is C18H34N2O5. The first kappa shape index (κ1) is 14.8. The van der Waals surface area contributed by atoms with Crippen molar-refractivity contribution >= 4 is 12.1 Å². The highest BCUT2D eigenvalue weighted by molar-refractivity contribution is 5.72. The van der Waals surface area contributed by atoms with Gasteiger partial charge in [-0.05, 0) is 66.4 Å². The van der Waals surface area contributed by atoms with E-state index < -0.39 is 31.2 Å². The summed E-state index contributed by atoms with van der Waals surface area (Å²) in [6, 6.07) is -0.588. The molecule has 2 aliphatic heterocycles. The number of ether oxygens (including phenoxy) is 1. The number of hydrogen-bond acceptors (Lipinski definition) is 5. The van der Waals surface area contributed by atoms with Crippen LogP contribution in [0.4, 0.5) is 4.79 Å². The van der Waals surface area contributed by atoms with Crippen LogP contribution in [0.5, 0.6) is 0 Å². The van der Waals surface area contributed by atoms with E-state index in [4.69, 9.17) is 21.8 Å². The minimum atomic E-state index is -2.28. The van der Waals surface area contributed by atoms with Crippen molar-refractivity contribution in [1.29, 1.82) is 0 Å². The van der Waals surface area contributed by atoms with Crippen LogP contribution in [0.2, 0.25) is 0 Å². The molecule has 0 aromatic carbocycles. The van der Waals surface area contributed by atoms with Crippen LogP contribution in [-0.4, -0.2) is 76.4 Å². The first-order valence-electron chi connectivity index (χ1n) is 11.2. The largest absolute Gasteiger partial charge is 0.481 e. The molecule has 0 aromatic rings. The molecular weight excluding hydrogens is 324 g/mol. The summed E-state index contributed by atoms with van der Waals surface area (Å²) in [6.07, 6.45) is 2.43. The van der Waals surface area contributed by atoms with Crippen LogP contribution in [0, 0.1) is 0 Å². The van der Waals surface area contributed by atoms with Gasteiger partial charge in [0.25, 0.3) is 0 Å². The molecule has 1 amide bonds. The Hall–Kier alpha value is -1.34. The fourth-order valence-electron chi connectivity index (χ4n) is 2.96. The third-order valence-corrected chi connectivity index (χ3v) is 4.12. The molecule has 2 aliphatic rings. The van der Waals surface area contributed by atoms with Gasteiger partial charge in [-0.25, -0.2) is 4.79 Å². The third kappa shape index (κ3) is 8.05. The maximum Gasteiger partial charge on any atom is 0.410 e. The summed E-state index contributed by atoms with van der Waals surface area (Å²) in [5, 5.41) is 17.7. The summed E-state index contributed by atoms with van der Waals surface area (Å²) >= 11 is 0. The minimum Gasteiger partial charge on any atom is -0.481 e. The van der Waals surface area contributed by atoms with Crippen LogP contribution in [0.15, 0.2) is 0 Å². The molecule has 0 aromatic heterocycles. The molecule has 2 saturated heterocycles. The zero-order valence-corrected chi connectivity index (χ0v) is 15.3. The second-order valence-electron chi connectivity index (χ2n) is 7.42. The van der Waals surface area contributed by atoms with E-state index in [1.165, 1.54) is 9.80 Å². The number of likely N-dealkylation sites (tertiary alicyclic amines) is 2. The highest BCUT2D eigenvalue weighted by atomic mass is 16.6. The average molecular weight is 364 g/mol. The molecule has 2 rings (SSSR count). The van der Waals surface area contributed by atoms with Gasteiger partial charge in [-0.15, -0.1) is 0 Å². The van der Waals surface area contributed by atoms with Gasteiger partial charge in [-0.3, -0.25) is 4.79 Å². The average Bonchev–Trinajstić information content (AvgIpc) is 3.12. The number of aliphatic hydroxyl groups is 1. The van der Waals surface area contributed by atoms with Gasteiger partial charge in [0.2, 0.25) is 0 Å². The van der Waals surface area contributed by atoms with Crippen molar-refractivity contribution in [3.8, 4) is 0 Å². The lowest BCUT2D eigenvalue weighted by atomic mass is 10.1. The maximum absolute atomic E-state index is 11.8. The molecule has 2 N–H and O–H groups in total. The van der Waals surface area contributed by atoms with Crippen molar-refractivity contribution in [3.63, 3.8) is 0 Å². The fraction of sp³-hybridized carbons (Fsp3) is 0.889. The third-order valence-electron chi connectivity index (χ3n) is 4.12. The van der Waals surface area contributed by atoms with Crippen molar-refractivity contribution in [2.45, 2.75) is 77.0 Å². The number of carbonyl (C=O) groups excluding carboxylic acids is 1. The standard InChI is InChI=1S/C11H19NO4.C7H15NO/c1-11(2,3)16-10(15)12-6-4-5-8(12)7-9(13)14;1-8-5-2-3-7(8)4-6-9/h8H,4-7H2,1-3H3,(H,13,14);7,9H,2-6H2,1H3/t8-;7-/m11/s1/i;1D3,6D2. The number of rotatable bonds is 4. The predicted octanol–water partition coefficient (Wildman–Crippen LogP) is 2.32. The molecule has 0 saturated carbocycles. The lowest BCUT2D eigenvalue weighted by Crippen LogP contribution is -2.40. The monoisotopic (exact) mass is 363 g/mol. The molecule has 25 heavy (non-hydrogen) atoms. The number of carboxylic acid groups (broad SMARTS) is 1. The molecule has 0 unspecified atom stereocenters. The van der Waals surface area contributed by atoms with E-state index in [9.17, 15) is 9.59 Å². The Kier molecular flexibility index (Phi) is 5.90. The number of carbonyl (C=O) groups is 2. The molecule has 7 heteroatoms. The van der Waals surface area contributed by atoms with Crippen LogP contribution in [0.25, 0.3) is 0 Å². The SMILES string of the molecule is CC(C)(C)OC(=O)N1CCC[C@@H]1CC(=O)O.[2H]C([2H])(O)C[C@H]1CCCN1C([2H])([2H])[2H]. The van der Waals surface area contributed by atoms with E-state index >= 15 is 0 Å². The van der Waals surface area contributed by atoms with Gasteiger partial charge in [0.05, 0.1) is 9.16 Å². The lowest BCUT2D eigenvalue weighted by Gasteiger charge is -2.27. The number of amides is 1. The summed E-state index contributed by atoms with van der Waals surface area (Å²) in [5.74, 6) is -0.875. The summed E-state index contributed by atoms with van der Waals surface area (Å²) < 4.78 is 40.9. The summed E-state index contributed by atoms with van der Waals surface area (Å²) in [7, 11) is 0. The fourth-order valence-corrected chi connectivity index (χ4v) is 2.96. The Labute approximate surface area is 158 Å². The van der Waals surface area contributed by atoms with E-state index in [1.54, 1.807) is 20.8 Å². The number of aliphatic carboxylic acids is 1. The van der Waals surface area contributed by atoms with Crippen LogP contribution in [-0.2, 0) is 9.53 Å². The van der Waals surface area contributed by atoms with Gasteiger partial charge >= 0.3 is 12.1 Å². The Morgan fingerprint density at radius 3 is 2.44 bits per heavy atom. The van der Waals surface area contributed by atoms with Gasteiger partial charge in [0, 0.05) is 29.3 Å². The van der Waals surface area contributed by atoms with Crippen molar-refractivity contribution in [2.75, 3.05) is 26.6 Å². The van der Waals surface area contributed by atoms with Gasteiger partial charge in [-0.1, -0.05) is 0 Å². The van der Waals surface area contributed by atoms with Crippen molar-refractivity contribution in [1.82, 2.24) is 9.80 Å². The van der Waals surface area contributed by atoms with E-state index in [0.29, 0.717) is 19.5 Å². The zero-order valence-electron chi connectivity index (χ0n) is 20.3.